The number of hydrogen-bond donors (Lipinski definition) is 0. The van der Waals surface area contributed by atoms with Crippen LogP contribution in [0.3, 0.4) is 0 Å². The molecule has 1 aromatic heterocycles. The Bertz CT molecular complexity index is 767. The molecule has 0 fully saturated rings. The second kappa shape index (κ2) is 5.97. The minimum absolute atomic E-state index is 0.197. The Morgan fingerprint density at radius 2 is 1.83 bits per heavy atom. The molecule has 1 unspecified atom stereocenters. The Morgan fingerprint density at radius 1 is 1.04 bits per heavy atom. The molecule has 0 saturated heterocycles. The third-order valence-electron chi connectivity index (χ3n) is 4.74. The van der Waals surface area contributed by atoms with Gasteiger partial charge in [0.25, 0.3) is 0 Å². The number of fused-ring (bicyclic) bond motifs is 1. The van der Waals surface area contributed by atoms with E-state index in [1.807, 2.05) is 11.0 Å². The summed E-state index contributed by atoms with van der Waals surface area (Å²) in [5.41, 5.74) is 4.15. The number of hydrogen-bond acceptors (Lipinski definition) is 3. The van der Waals surface area contributed by atoms with Gasteiger partial charge in [0.2, 0.25) is 0 Å². The first-order chi connectivity index (χ1) is 11.3. The van der Waals surface area contributed by atoms with Crippen molar-refractivity contribution in [1.29, 1.82) is 0 Å². The number of nitrogens with zero attached hydrogens (tertiary/aromatic N) is 4. The molecule has 4 nitrogen and oxygen atoms in total. The first kappa shape index (κ1) is 14.2. The minimum atomic E-state index is 0.197. The maximum absolute atomic E-state index is 4.40. The fraction of sp³-hybridized carbons (Fsp3) is 0.263. The molecule has 3 aromatic rings. The van der Waals surface area contributed by atoms with Crippen LogP contribution in [0.25, 0.3) is 0 Å². The summed E-state index contributed by atoms with van der Waals surface area (Å²) in [6, 6.07) is 19.7. The molecule has 1 aliphatic rings. The molecule has 0 bridgehead atoms. The van der Waals surface area contributed by atoms with E-state index in [-0.39, 0.29) is 6.17 Å². The van der Waals surface area contributed by atoms with Crippen molar-refractivity contribution >= 4 is 0 Å². The van der Waals surface area contributed by atoms with Gasteiger partial charge in [-0.15, -0.1) is 0 Å². The van der Waals surface area contributed by atoms with Gasteiger partial charge in [-0.05, 0) is 23.6 Å². The van der Waals surface area contributed by atoms with Gasteiger partial charge >= 0.3 is 0 Å². The van der Waals surface area contributed by atoms with Crippen molar-refractivity contribution in [2.75, 3.05) is 0 Å². The zero-order chi connectivity index (χ0) is 15.6. The van der Waals surface area contributed by atoms with Gasteiger partial charge in [-0.2, -0.15) is 5.10 Å². The van der Waals surface area contributed by atoms with Crippen LogP contribution in [0, 0.1) is 0 Å². The van der Waals surface area contributed by atoms with Crippen LogP contribution < -0.4 is 0 Å². The fourth-order valence-electron chi connectivity index (χ4n) is 3.53. The summed E-state index contributed by atoms with van der Waals surface area (Å²) in [7, 11) is 0. The Hall–Kier alpha value is -2.46. The maximum Gasteiger partial charge on any atom is 0.137 e. The summed E-state index contributed by atoms with van der Waals surface area (Å²) < 4.78 is 1.98. The standard InChI is InChI=1S/C19H20N4/c1-15-18-10-6-5-9-17(18)11-19(23-14-20-13-21-23)22(15)12-16-7-3-2-4-8-16/h2-10,13-15,19H,11-12H2,1H3/t15-,19?/m0/s1. The zero-order valence-electron chi connectivity index (χ0n) is 13.2. The second-order valence-electron chi connectivity index (χ2n) is 6.09. The van der Waals surface area contributed by atoms with Crippen LogP contribution in [0.15, 0.2) is 67.3 Å². The third-order valence-corrected chi connectivity index (χ3v) is 4.74. The molecule has 1 aliphatic heterocycles. The quantitative estimate of drug-likeness (QED) is 0.741. The van der Waals surface area contributed by atoms with Crippen LogP contribution in [-0.4, -0.2) is 19.7 Å². The van der Waals surface area contributed by atoms with E-state index in [0.717, 1.165) is 13.0 Å². The van der Waals surface area contributed by atoms with Gasteiger partial charge < -0.3 is 0 Å². The molecule has 4 heteroatoms. The molecule has 0 amide bonds. The average Bonchev–Trinajstić information content (AvgIpc) is 3.13. The average molecular weight is 304 g/mol. The lowest BCUT2D eigenvalue weighted by atomic mass is 9.91. The van der Waals surface area contributed by atoms with Gasteiger partial charge in [0.1, 0.15) is 18.8 Å². The van der Waals surface area contributed by atoms with Crippen LogP contribution in [0.1, 0.15) is 35.8 Å². The van der Waals surface area contributed by atoms with Crippen molar-refractivity contribution in [3.63, 3.8) is 0 Å². The summed E-state index contributed by atoms with van der Waals surface area (Å²) >= 11 is 0. The van der Waals surface area contributed by atoms with Crippen LogP contribution >= 0.6 is 0 Å². The molecule has 23 heavy (non-hydrogen) atoms. The van der Waals surface area contributed by atoms with Crippen LogP contribution in [0.4, 0.5) is 0 Å². The minimum Gasteiger partial charge on any atom is -0.270 e. The first-order valence-electron chi connectivity index (χ1n) is 8.04. The van der Waals surface area contributed by atoms with Crippen molar-refractivity contribution in [2.45, 2.75) is 32.1 Å². The molecule has 0 aliphatic carbocycles. The molecule has 2 aromatic carbocycles. The Morgan fingerprint density at radius 3 is 2.61 bits per heavy atom. The first-order valence-corrected chi connectivity index (χ1v) is 8.04. The van der Waals surface area contributed by atoms with E-state index in [9.17, 15) is 0 Å². The summed E-state index contributed by atoms with van der Waals surface area (Å²) in [5.74, 6) is 0. The largest absolute Gasteiger partial charge is 0.270 e. The molecule has 0 N–H and O–H groups in total. The van der Waals surface area contributed by atoms with Gasteiger partial charge in [-0.1, -0.05) is 54.6 Å². The highest BCUT2D eigenvalue weighted by Gasteiger charge is 2.33. The fourth-order valence-corrected chi connectivity index (χ4v) is 3.53. The highest BCUT2D eigenvalue weighted by Crippen LogP contribution is 2.38. The Labute approximate surface area is 136 Å². The predicted molar refractivity (Wildman–Crippen MR) is 89.6 cm³/mol. The highest BCUT2D eigenvalue weighted by atomic mass is 15.4. The Kier molecular flexibility index (Phi) is 3.67. The SMILES string of the molecule is C[C@H]1c2ccccc2CC(n2cncn2)N1Cc1ccccc1. The summed E-state index contributed by atoms with van der Waals surface area (Å²) in [6.07, 6.45) is 4.59. The maximum atomic E-state index is 4.40. The topological polar surface area (TPSA) is 34.0 Å². The summed E-state index contributed by atoms with van der Waals surface area (Å²) in [4.78, 5) is 6.65. The smallest absolute Gasteiger partial charge is 0.137 e. The lowest BCUT2D eigenvalue weighted by Gasteiger charge is -2.41. The van der Waals surface area contributed by atoms with Crippen molar-refractivity contribution in [3.05, 3.63) is 83.9 Å². The zero-order valence-corrected chi connectivity index (χ0v) is 13.2. The van der Waals surface area contributed by atoms with Gasteiger partial charge in [0, 0.05) is 19.0 Å². The Balaban J connectivity index is 1.73. The number of rotatable bonds is 3. The predicted octanol–water partition coefficient (Wildman–Crippen LogP) is 3.60. The number of benzene rings is 2. The molecule has 2 heterocycles. The highest BCUT2D eigenvalue weighted by molar-refractivity contribution is 5.33. The third kappa shape index (κ3) is 2.66. The monoisotopic (exact) mass is 304 g/mol. The van der Waals surface area contributed by atoms with E-state index >= 15 is 0 Å². The van der Waals surface area contributed by atoms with Crippen LogP contribution in [-0.2, 0) is 13.0 Å². The van der Waals surface area contributed by atoms with E-state index in [0.29, 0.717) is 6.04 Å². The number of aromatic nitrogens is 3. The van der Waals surface area contributed by atoms with E-state index in [1.165, 1.54) is 16.7 Å². The van der Waals surface area contributed by atoms with Gasteiger partial charge in [-0.3, -0.25) is 4.90 Å². The van der Waals surface area contributed by atoms with Gasteiger partial charge in [-0.25, -0.2) is 9.67 Å². The van der Waals surface area contributed by atoms with Gasteiger partial charge in [0.15, 0.2) is 0 Å². The van der Waals surface area contributed by atoms with Gasteiger partial charge in [0.05, 0.1) is 0 Å². The molecule has 4 rings (SSSR count). The van der Waals surface area contributed by atoms with Crippen molar-refractivity contribution < 1.29 is 0 Å². The normalized spacial score (nSPS) is 21.1. The summed E-state index contributed by atoms with van der Waals surface area (Å²) in [6.45, 7) is 3.19. The lowest BCUT2D eigenvalue weighted by molar-refractivity contribution is 0.0615. The molecule has 0 radical (unpaired) electrons. The summed E-state index contributed by atoms with van der Waals surface area (Å²) in [5, 5.41) is 4.40. The molecule has 0 saturated carbocycles. The van der Waals surface area contributed by atoms with E-state index in [4.69, 9.17) is 0 Å². The van der Waals surface area contributed by atoms with E-state index in [2.05, 4.69) is 76.5 Å². The molecular formula is C19H20N4. The van der Waals surface area contributed by atoms with Crippen molar-refractivity contribution in [1.82, 2.24) is 19.7 Å². The van der Waals surface area contributed by atoms with Crippen LogP contribution in [0.2, 0.25) is 0 Å². The molecule has 116 valence electrons. The van der Waals surface area contributed by atoms with E-state index in [1.54, 1.807) is 6.33 Å². The van der Waals surface area contributed by atoms with Crippen molar-refractivity contribution in [3.8, 4) is 0 Å². The van der Waals surface area contributed by atoms with Crippen LogP contribution in [0.5, 0.6) is 0 Å². The molecule has 2 atom stereocenters. The molecule has 0 spiro atoms. The second-order valence-corrected chi connectivity index (χ2v) is 6.09. The lowest BCUT2D eigenvalue weighted by Crippen LogP contribution is -2.40. The van der Waals surface area contributed by atoms with E-state index < -0.39 is 0 Å². The molecular weight excluding hydrogens is 284 g/mol. The van der Waals surface area contributed by atoms with Crippen molar-refractivity contribution in [2.24, 2.45) is 0 Å².